The normalized spacial score (nSPS) is 10.5. The number of H-pyrrole nitrogens is 1. The third-order valence-electron chi connectivity index (χ3n) is 3.96. The van der Waals surface area contributed by atoms with Gasteiger partial charge in [-0.3, -0.25) is 0 Å². The molecule has 6 heteroatoms. The molecule has 2 aromatic carbocycles. The molecule has 0 unspecified atom stereocenters. The Hall–Kier alpha value is -3.15. The van der Waals surface area contributed by atoms with E-state index < -0.39 is 0 Å². The van der Waals surface area contributed by atoms with Crippen LogP contribution in [0.5, 0.6) is 11.5 Å². The van der Waals surface area contributed by atoms with Gasteiger partial charge in [-0.05, 0) is 47.7 Å². The molecule has 3 aromatic rings. The average molecular weight is 339 g/mol. The minimum Gasteiger partial charge on any atom is -0.493 e. The highest BCUT2D eigenvalue weighted by Gasteiger charge is 2.07. The monoisotopic (exact) mass is 339 g/mol. The third kappa shape index (κ3) is 4.03. The fraction of sp³-hybridized carbons (Fsp3) is 0.211. The van der Waals surface area contributed by atoms with Gasteiger partial charge in [-0.2, -0.15) is 0 Å². The predicted molar refractivity (Wildman–Crippen MR) is 98.6 cm³/mol. The number of nitrogens with one attached hydrogen (secondary N) is 3. The number of urea groups is 1. The van der Waals surface area contributed by atoms with Crippen molar-refractivity contribution in [2.75, 3.05) is 26.1 Å². The van der Waals surface area contributed by atoms with Gasteiger partial charge in [0.1, 0.15) is 0 Å². The van der Waals surface area contributed by atoms with Crippen molar-refractivity contribution in [2.24, 2.45) is 0 Å². The summed E-state index contributed by atoms with van der Waals surface area (Å²) in [4.78, 5) is 15.2. The van der Waals surface area contributed by atoms with Gasteiger partial charge in [0.15, 0.2) is 11.5 Å². The van der Waals surface area contributed by atoms with E-state index in [2.05, 4.69) is 27.8 Å². The van der Waals surface area contributed by atoms with E-state index in [4.69, 9.17) is 9.47 Å². The first-order valence-electron chi connectivity index (χ1n) is 8.02. The standard InChI is InChI=1S/C19H21N3O3/c1-24-17-6-4-15(12-18(17)25-2)22-19(23)21-9-7-13-3-5-16-14(11-13)8-10-20-16/h3-6,8,10-12,20H,7,9H2,1-2H3,(H2,21,22,23). The Morgan fingerprint density at radius 2 is 1.88 bits per heavy atom. The lowest BCUT2D eigenvalue weighted by molar-refractivity contribution is 0.252. The van der Waals surface area contributed by atoms with Crippen LogP contribution in [-0.4, -0.2) is 31.8 Å². The number of aromatic nitrogens is 1. The summed E-state index contributed by atoms with van der Waals surface area (Å²) in [7, 11) is 3.13. The highest BCUT2D eigenvalue weighted by molar-refractivity contribution is 5.89. The molecule has 0 spiro atoms. The molecule has 0 bridgehead atoms. The summed E-state index contributed by atoms with van der Waals surface area (Å²) < 4.78 is 10.4. The lowest BCUT2D eigenvalue weighted by atomic mass is 10.1. The van der Waals surface area contributed by atoms with Gasteiger partial charge in [0, 0.05) is 30.0 Å². The van der Waals surface area contributed by atoms with E-state index in [1.54, 1.807) is 32.4 Å². The summed E-state index contributed by atoms with van der Waals surface area (Å²) in [5.74, 6) is 1.19. The molecule has 0 saturated carbocycles. The first-order valence-corrected chi connectivity index (χ1v) is 8.02. The molecule has 0 aliphatic carbocycles. The molecule has 130 valence electrons. The Bertz CT molecular complexity index is 873. The molecule has 2 amide bonds. The Morgan fingerprint density at radius 1 is 1.04 bits per heavy atom. The maximum Gasteiger partial charge on any atom is 0.319 e. The molecule has 1 aromatic heterocycles. The number of hydrogen-bond donors (Lipinski definition) is 3. The number of methoxy groups -OCH3 is 2. The van der Waals surface area contributed by atoms with Crippen molar-refractivity contribution in [3.8, 4) is 11.5 Å². The summed E-state index contributed by atoms with van der Waals surface area (Å²) in [6, 6.07) is 13.3. The zero-order valence-electron chi connectivity index (χ0n) is 14.3. The second-order valence-electron chi connectivity index (χ2n) is 5.60. The van der Waals surface area contributed by atoms with Gasteiger partial charge in [-0.15, -0.1) is 0 Å². The zero-order chi connectivity index (χ0) is 17.6. The maximum atomic E-state index is 12.0. The number of benzene rings is 2. The van der Waals surface area contributed by atoms with Crippen LogP contribution in [0.1, 0.15) is 5.56 Å². The van der Waals surface area contributed by atoms with Crippen LogP contribution in [0.4, 0.5) is 10.5 Å². The third-order valence-corrected chi connectivity index (χ3v) is 3.96. The Morgan fingerprint density at radius 3 is 2.68 bits per heavy atom. The lowest BCUT2D eigenvalue weighted by Gasteiger charge is -2.11. The van der Waals surface area contributed by atoms with Gasteiger partial charge < -0.3 is 25.1 Å². The summed E-state index contributed by atoms with van der Waals surface area (Å²) in [5, 5.41) is 6.82. The fourth-order valence-corrected chi connectivity index (χ4v) is 2.67. The van der Waals surface area contributed by atoms with E-state index in [-0.39, 0.29) is 6.03 Å². The minimum absolute atomic E-state index is 0.255. The number of ether oxygens (including phenoxy) is 2. The highest BCUT2D eigenvalue weighted by atomic mass is 16.5. The molecule has 0 radical (unpaired) electrons. The molecule has 6 nitrogen and oxygen atoms in total. The van der Waals surface area contributed by atoms with Crippen LogP contribution in [0.25, 0.3) is 10.9 Å². The minimum atomic E-state index is -0.255. The second kappa shape index (κ2) is 7.61. The Labute approximate surface area is 146 Å². The molecule has 0 fully saturated rings. The fourth-order valence-electron chi connectivity index (χ4n) is 2.67. The number of rotatable bonds is 6. The van der Waals surface area contributed by atoms with Crippen molar-refractivity contribution < 1.29 is 14.3 Å². The molecule has 3 rings (SSSR count). The number of anilines is 1. The van der Waals surface area contributed by atoms with E-state index in [0.29, 0.717) is 23.7 Å². The molecule has 25 heavy (non-hydrogen) atoms. The van der Waals surface area contributed by atoms with Gasteiger partial charge in [0.25, 0.3) is 0 Å². The summed E-state index contributed by atoms with van der Waals surface area (Å²) in [6.07, 6.45) is 2.68. The average Bonchev–Trinajstić information content (AvgIpc) is 3.09. The largest absolute Gasteiger partial charge is 0.493 e. The van der Waals surface area contributed by atoms with Crippen molar-refractivity contribution >= 4 is 22.6 Å². The smallest absolute Gasteiger partial charge is 0.319 e. The topological polar surface area (TPSA) is 75.4 Å². The van der Waals surface area contributed by atoms with E-state index in [1.165, 1.54) is 10.9 Å². The van der Waals surface area contributed by atoms with Crippen molar-refractivity contribution in [2.45, 2.75) is 6.42 Å². The SMILES string of the molecule is COc1ccc(NC(=O)NCCc2ccc3[nH]ccc3c2)cc1OC. The van der Waals surface area contributed by atoms with E-state index in [1.807, 2.05) is 18.3 Å². The van der Waals surface area contributed by atoms with Crippen molar-refractivity contribution in [1.82, 2.24) is 10.3 Å². The van der Waals surface area contributed by atoms with Gasteiger partial charge in [-0.1, -0.05) is 6.07 Å². The number of carbonyl (C=O) groups excluding carboxylic acids is 1. The van der Waals surface area contributed by atoms with Crippen molar-refractivity contribution in [1.29, 1.82) is 0 Å². The predicted octanol–water partition coefficient (Wildman–Crippen LogP) is 3.55. The molecule has 1 heterocycles. The summed E-state index contributed by atoms with van der Waals surface area (Å²) in [5.41, 5.74) is 2.94. The molecule has 0 aliphatic heterocycles. The van der Waals surface area contributed by atoms with Crippen LogP contribution in [-0.2, 0) is 6.42 Å². The van der Waals surface area contributed by atoms with Gasteiger partial charge in [0.2, 0.25) is 0 Å². The lowest BCUT2D eigenvalue weighted by Crippen LogP contribution is -2.30. The quantitative estimate of drug-likeness (QED) is 0.643. The van der Waals surface area contributed by atoms with Crippen LogP contribution in [0.15, 0.2) is 48.7 Å². The van der Waals surface area contributed by atoms with Crippen LogP contribution >= 0.6 is 0 Å². The van der Waals surface area contributed by atoms with Gasteiger partial charge in [0.05, 0.1) is 14.2 Å². The first kappa shape index (κ1) is 16.7. The highest BCUT2D eigenvalue weighted by Crippen LogP contribution is 2.29. The van der Waals surface area contributed by atoms with E-state index in [9.17, 15) is 4.79 Å². The zero-order valence-corrected chi connectivity index (χ0v) is 14.3. The summed E-state index contributed by atoms with van der Waals surface area (Å²) in [6.45, 7) is 0.551. The van der Waals surface area contributed by atoms with Crippen LogP contribution in [0.2, 0.25) is 0 Å². The van der Waals surface area contributed by atoms with E-state index in [0.717, 1.165) is 11.9 Å². The van der Waals surface area contributed by atoms with Gasteiger partial charge in [-0.25, -0.2) is 4.79 Å². The van der Waals surface area contributed by atoms with Crippen LogP contribution < -0.4 is 20.1 Å². The van der Waals surface area contributed by atoms with Crippen molar-refractivity contribution in [3.63, 3.8) is 0 Å². The molecule has 3 N–H and O–H groups in total. The first-order chi connectivity index (χ1) is 12.2. The maximum absolute atomic E-state index is 12.0. The molecule has 0 atom stereocenters. The number of fused-ring (bicyclic) bond motifs is 1. The number of carbonyl (C=O) groups is 1. The molecular weight excluding hydrogens is 318 g/mol. The molecule has 0 aliphatic rings. The Kier molecular flexibility index (Phi) is 5.09. The number of hydrogen-bond acceptors (Lipinski definition) is 3. The van der Waals surface area contributed by atoms with Crippen molar-refractivity contribution in [3.05, 3.63) is 54.2 Å². The molecule has 0 saturated heterocycles. The summed E-state index contributed by atoms with van der Waals surface area (Å²) >= 11 is 0. The second-order valence-corrected chi connectivity index (χ2v) is 5.60. The van der Waals surface area contributed by atoms with Gasteiger partial charge >= 0.3 is 6.03 Å². The number of amides is 2. The van der Waals surface area contributed by atoms with Crippen LogP contribution in [0.3, 0.4) is 0 Å². The number of aromatic amines is 1. The molecular formula is C19H21N3O3. The van der Waals surface area contributed by atoms with E-state index >= 15 is 0 Å². The Balaban J connectivity index is 1.52. The van der Waals surface area contributed by atoms with Crippen LogP contribution in [0, 0.1) is 0 Å².